The highest BCUT2D eigenvalue weighted by molar-refractivity contribution is 5.99. The summed E-state index contributed by atoms with van der Waals surface area (Å²) in [7, 11) is 1.75. The van der Waals surface area contributed by atoms with E-state index in [1.807, 2.05) is 0 Å². The third-order valence-corrected chi connectivity index (χ3v) is 5.11. The largest absolute Gasteiger partial charge is 0.394 e. The maximum Gasteiger partial charge on any atom is 0.323 e. The maximum atomic E-state index is 13.4. The quantitative estimate of drug-likeness (QED) is 0.266. The molecule has 4 rings (SSSR count). The standard InChI is InChI=1S/C23H23F2N7O3/c1-26-21-19-22(28-12-27-21)32(13-29-19)17-6-4-15(5-7-17)30-23(34)31-16-3-2-14(11-35-9-8-33)18(10-16)20(24)25/h2-7,10,12-13,20,33H,8-9,11H2,1H3,(H,26,27,28)(H2,30,31,34). The lowest BCUT2D eigenvalue weighted by Gasteiger charge is -2.13. The van der Waals surface area contributed by atoms with E-state index in [9.17, 15) is 13.6 Å². The zero-order valence-corrected chi connectivity index (χ0v) is 18.7. The molecular formula is C23H23F2N7O3. The molecule has 182 valence electrons. The molecule has 0 saturated carbocycles. The van der Waals surface area contributed by atoms with Crippen LogP contribution < -0.4 is 16.0 Å². The van der Waals surface area contributed by atoms with Crippen LogP contribution in [0.25, 0.3) is 16.9 Å². The molecule has 0 unspecified atom stereocenters. The average molecular weight is 483 g/mol. The van der Waals surface area contributed by atoms with E-state index in [2.05, 4.69) is 30.9 Å². The first-order chi connectivity index (χ1) is 17.0. The van der Waals surface area contributed by atoms with E-state index in [4.69, 9.17) is 9.84 Å². The van der Waals surface area contributed by atoms with Crippen molar-refractivity contribution in [3.63, 3.8) is 0 Å². The molecular weight excluding hydrogens is 460 g/mol. The van der Waals surface area contributed by atoms with Crippen LogP contribution in [-0.4, -0.2) is 50.9 Å². The second-order valence-corrected chi connectivity index (χ2v) is 7.38. The molecule has 2 heterocycles. The van der Waals surface area contributed by atoms with Crippen LogP contribution in [0.4, 0.5) is 30.8 Å². The highest BCUT2D eigenvalue weighted by Gasteiger charge is 2.15. The number of aliphatic hydroxyl groups excluding tert-OH is 1. The SMILES string of the molecule is CNc1ncnc2c1ncn2-c1ccc(NC(=O)Nc2ccc(COCCO)c(C(F)F)c2)cc1. The number of anilines is 3. The van der Waals surface area contributed by atoms with Gasteiger partial charge in [0.2, 0.25) is 0 Å². The number of aromatic nitrogens is 4. The topological polar surface area (TPSA) is 126 Å². The molecule has 0 aliphatic rings. The molecule has 0 radical (unpaired) electrons. The van der Waals surface area contributed by atoms with Gasteiger partial charge in [-0.25, -0.2) is 28.5 Å². The van der Waals surface area contributed by atoms with Crippen LogP contribution in [0, 0.1) is 0 Å². The van der Waals surface area contributed by atoms with E-state index in [-0.39, 0.29) is 36.6 Å². The Labute approximate surface area is 199 Å². The Kier molecular flexibility index (Phi) is 7.43. The minimum Gasteiger partial charge on any atom is -0.394 e. The lowest BCUT2D eigenvalue weighted by molar-refractivity contribution is 0.0780. The van der Waals surface area contributed by atoms with Gasteiger partial charge in [-0.05, 0) is 42.0 Å². The van der Waals surface area contributed by atoms with Crippen molar-refractivity contribution in [3.05, 3.63) is 66.2 Å². The minimum absolute atomic E-state index is 0.0473. The summed E-state index contributed by atoms with van der Waals surface area (Å²) >= 11 is 0. The number of fused-ring (bicyclic) bond motifs is 1. The number of imidazole rings is 1. The number of ether oxygens (including phenoxy) is 1. The number of hydrogen-bond acceptors (Lipinski definition) is 7. The first kappa shape index (κ1) is 24.0. The number of alkyl halides is 2. The normalized spacial score (nSPS) is 11.1. The van der Waals surface area contributed by atoms with Crippen LogP contribution in [0.1, 0.15) is 17.6 Å². The van der Waals surface area contributed by atoms with Crippen molar-refractivity contribution >= 4 is 34.4 Å². The van der Waals surface area contributed by atoms with E-state index in [0.29, 0.717) is 22.7 Å². The van der Waals surface area contributed by atoms with Gasteiger partial charge < -0.3 is 25.8 Å². The number of benzene rings is 2. The zero-order chi connectivity index (χ0) is 24.8. The van der Waals surface area contributed by atoms with Gasteiger partial charge >= 0.3 is 6.03 Å². The van der Waals surface area contributed by atoms with Gasteiger partial charge in [0.25, 0.3) is 6.43 Å². The smallest absolute Gasteiger partial charge is 0.323 e. The molecule has 2 aromatic carbocycles. The van der Waals surface area contributed by atoms with Crippen LogP contribution in [0.5, 0.6) is 0 Å². The van der Waals surface area contributed by atoms with Gasteiger partial charge in [-0.15, -0.1) is 0 Å². The van der Waals surface area contributed by atoms with Crippen molar-refractivity contribution in [1.29, 1.82) is 0 Å². The van der Waals surface area contributed by atoms with Gasteiger partial charge in [0, 0.05) is 29.7 Å². The second kappa shape index (κ2) is 10.8. The van der Waals surface area contributed by atoms with E-state index in [1.54, 1.807) is 42.2 Å². The van der Waals surface area contributed by atoms with Crippen LogP contribution in [0.15, 0.2) is 55.1 Å². The predicted molar refractivity (Wildman–Crippen MR) is 127 cm³/mol. The van der Waals surface area contributed by atoms with E-state index in [1.165, 1.54) is 24.5 Å². The predicted octanol–water partition coefficient (Wildman–Crippen LogP) is 3.95. The molecule has 0 spiro atoms. The minimum atomic E-state index is -2.74. The number of carbonyl (C=O) groups excluding carboxylic acids is 1. The van der Waals surface area contributed by atoms with Crippen LogP contribution in [-0.2, 0) is 11.3 Å². The van der Waals surface area contributed by atoms with Gasteiger partial charge in [0.15, 0.2) is 17.0 Å². The monoisotopic (exact) mass is 483 g/mol. The number of carbonyl (C=O) groups is 1. The fourth-order valence-electron chi connectivity index (χ4n) is 3.46. The summed E-state index contributed by atoms with van der Waals surface area (Å²) in [6, 6.07) is 10.6. The van der Waals surface area contributed by atoms with Crippen LogP contribution in [0.2, 0.25) is 0 Å². The third kappa shape index (κ3) is 5.50. The summed E-state index contributed by atoms with van der Waals surface area (Å²) in [5.74, 6) is 0.615. The number of rotatable bonds is 9. The first-order valence-electron chi connectivity index (χ1n) is 10.6. The number of aliphatic hydroxyl groups is 1. The number of halogens is 2. The van der Waals surface area contributed by atoms with Gasteiger partial charge in [0.1, 0.15) is 12.7 Å². The molecule has 35 heavy (non-hydrogen) atoms. The lowest BCUT2D eigenvalue weighted by atomic mass is 10.1. The van der Waals surface area contributed by atoms with Crippen molar-refractivity contribution in [1.82, 2.24) is 19.5 Å². The Balaban J connectivity index is 1.43. The Morgan fingerprint density at radius 2 is 1.83 bits per heavy atom. The summed E-state index contributed by atoms with van der Waals surface area (Å²) < 4.78 is 33.8. The summed E-state index contributed by atoms with van der Waals surface area (Å²) in [6.45, 7) is -0.214. The molecule has 0 fully saturated rings. The molecule has 10 nitrogen and oxygen atoms in total. The van der Waals surface area contributed by atoms with E-state index >= 15 is 0 Å². The zero-order valence-electron chi connectivity index (χ0n) is 18.7. The lowest BCUT2D eigenvalue weighted by Crippen LogP contribution is -2.19. The maximum absolute atomic E-state index is 13.4. The van der Waals surface area contributed by atoms with E-state index < -0.39 is 12.5 Å². The van der Waals surface area contributed by atoms with Crippen molar-refractivity contribution < 1.29 is 23.4 Å². The number of amides is 2. The van der Waals surface area contributed by atoms with Crippen molar-refractivity contribution in [2.45, 2.75) is 13.0 Å². The van der Waals surface area contributed by atoms with Crippen molar-refractivity contribution in [2.24, 2.45) is 0 Å². The average Bonchev–Trinajstić information content (AvgIpc) is 3.29. The van der Waals surface area contributed by atoms with E-state index in [0.717, 1.165) is 5.69 Å². The first-order valence-corrected chi connectivity index (χ1v) is 10.6. The van der Waals surface area contributed by atoms with Gasteiger partial charge in [-0.3, -0.25) is 4.57 Å². The third-order valence-electron chi connectivity index (χ3n) is 5.11. The number of nitrogens with zero attached hydrogens (tertiary/aromatic N) is 4. The molecule has 0 aliphatic heterocycles. The molecule has 0 saturated heterocycles. The molecule has 0 bridgehead atoms. The fraction of sp³-hybridized carbons (Fsp3) is 0.217. The van der Waals surface area contributed by atoms with Gasteiger partial charge in [-0.1, -0.05) is 6.07 Å². The summed E-state index contributed by atoms with van der Waals surface area (Å²) in [5.41, 5.74) is 2.79. The van der Waals surface area contributed by atoms with Gasteiger partial charge in [0.05, 0.1) is 19.8 Å². The molecule has 2 aromatic heterocycles. The fourth-order valence-corrected chi connectivity index (χ4v) is 3.46. The van der Waals surface area contributed by atoms with Gasteiger partial charge in [-0.2, -0.15) is 0 Å². The molecule has 2 amide bonds. The highest BCUT2D eigenvalue weighted by atomic mass is 19.3. The van der Waals surface area contributed by atoms with Crippen LogP contribution in [0.3, 0.4) is 0 Å². The Hall–Kier alpha value is -4.16. The molecule has 12 heteroatoms. The van der Waals surface area contributed by atoms with Crippen molar-refractivity contribution in [3.8, 4) is 5.69 Å². The second-order valence-electron chi connectivity index (χ2n) is 7.38. The number of hydrogen-bond donors (Lipinski definition) is 4. The Morgan fingerprint density at radius 3 is 2.54 bits per heavy atom. The Bertz CT molecular complexity index is 1310. The summed E-state index contributed by atoms with van der Waals surface area (Å²) in [6.07, 6.45) is 0.337. The molecule has 4 N–H and O–H groups in total. The Morgan fingerprint density at radius 1 is 1.09 bits per heavy atom. The summed E-state index contributed by atoms with van der Waals surface area (Å²) in [4.78, 5) is 25.2. The molecule has 0 atom stereocenters. The number of nitrogens with one attached hydrogen (secondary N) is 3. The highest BCUT2D eigenvalue weighted by Crippen LogP contribution is 2.27. The molecule has 0 aliphatic carbocycles. The van der Waals surface area contributed by atoms with Crippen molar-refractivity contribution in [2.75, 3.05) is 36.2 Å². The summed E-state index contributed by atoms with van der Waals surface area (Å²) in [5, 5.41) is 17.0. The van der Waals surface area contributed by atoms with Crippen LogP contribution >= 0.6 is 0 Å². The number of urea groups is 1. The molecule has 4 aromatic rings.